The maximum atomic E-state index is 12.1. The van der Waals surface area contributed by atoms with Crippen molar-refractivity contribution in [3.63, 3.8) is 0 Å². The number of thiazole rings is 1. The molecule has 2 N–H and O–H groups in total. The monoisotopic (exact) mass is 297 g/mol. The summed E-state index contributed by atoms with van der Waals surface area (Å²) in [6, 6.07) is 0. The van der Waals surface area contributed by atoms with Crippen molar-refractivity contribution < 1.29 is 14.1 Å². The van der Waals surface area contributed by atoms with Crippen molar-refractivity contribution in [3.05, 3.63) is 11.6 Å². The highest BCUT2D eigenvalue weighted by atomic mass is 32.1. The van der Waals surface area contributed by atoms with Crippen molar-refractivity contribution in [1.82, 2.24) is 0 Å². The normalized spacial score (nSPS) is 26.7. The smallest absolute Gasteiger partial charge is 0.348 e. The van der Waals surface area contributed by atoms with Gasteiger partial charge in [-0.3, -0.25) is 5.73 Å². The number of anilines is 1. The van der Waals surface area contributed by atoms with Gasteiger partial charge in [-0.2, -0.15) is 0 Å². The molecule has 20 heavy (non-hydrogen) atoms. The molecule has 1 aliphatic rings. The third-order valence-corrected chi connectivity index (χ3v) is 4.99. The Kier molecular flexibility index (Phi) is 5.02. The lowest BCUT2D eigenvalue weighted by molar-refractivity contribution is -0.667. The van der Waals surface area contributed by atoms with Gasteiger partial charge in [-0.1, -0.05) is 38.5 Å². The number of esters is 1. The maximum Gasteiger partial charge on any atom is 0.348 e. The quantitative estimate of drug-likeness (QED) is 0.686. The van der Waals surface area contributed by atoms with Crippen LogP contribution in [0.5, 0.6) is 0 Å². The molecule has 0 aromatic carbocycles. The number of nitrogens with zero attached hydrogens (tertiary/aromatic N) is 1. The molecule has 2 rings (SSSR count). The van der Waals surface area contributed by atoms with Crippen LogP contribution in [0.1, 0.15) is 40.0 Å². The van der Waals surface area contributed by atoms with Crippen LogP contribution in [0.25, 0.3) is 0 Å². The van der Waals surface area contributed by atoms with Crippen LogP contribution < -0.4 is 10.3 Å². The number of carbonyl (C=O) groups excluding carboxylic acids is 1. The first kappa shape index (κ1) is 15.3. The molecule has 0 aliphatic heterocycles. The lowest BCUT2D eigenvalue weighted by atomic mass is 9.75. The number of carbonyl (C=O) groups is 1. The minimum atomic E-state index is -0.176. The Balaban J connectivity index is 1.95. The van der Waals surface area contributed by atoms with E-state index in [1.165, 1.54) is 17.8 Å². The highest BCUT2D eigenvalue weighted by Gasteiger charge is 2.33. The van der Waals surface area contributed by atoms with Gasteiger partial charge in [0.25, 0.3) is 0 Å². The van der Waals surface area contributed by atoms with E-state index in [0.717, 1.165) is 12.8 Å². The zero-order chi connectivity index (χ0) is 14.7. The number of hydrogen-bond acceptors (Lipinski definition) is 4. The van der Waals surface area contributed by atoms with Crippen LogP contribution in [0.4, 0.5) is 5.13 Å². The Labute approximate surface area is 124 Å². The second-order valence-corrected chi connectivity index (χ2v) is 7.15. The maximum absolute atomic E-state index is 12.1. The van der Waals surface area contributed by atoms with E-state index in [0.29, 0.717) is 22.9 Å². The molecule has 5 heteroatoms. The zero-order valence-electron chi connectivity index (χ0n) is 12.5. The standard InChI is InChI=1S/C15H24N2O2S/c1-10(2)12-5-4-11(3)8-13(12)19-14(18)9-17-6-7-20-15(17)16/h6-7,10-13,16H,4-5,8-9H2,1-3H3/p+1/t11-,12-,13-/m1/s1. The van der Waals surface area contributed by atoms with Crippen molar-refractivity contribution in [2.75, 3.05) is 5.73 Å². The Hall–Kier alpha value is -1.10. The Bertz CT molecular complexity index is 458. The fraction of sp³-hybridized carbons (Fsp3) is 0.733. The molecule has 0 saturated heterocycles. The van der Waals surface area contributed by atoms with Gasteiger partial charge in [-0.05, 0) is 30.6 Å². The molecule has 1 aromatic rings. The molecule has 0 spiro atoms. The number of aromatic nitrogens is 1. The van der Waals surface area contributed by atoms with Crippen LogP contribution in [0.3, 0.4) is 0 Å². The lowest BCUT2D eigenvalue weighted by Crippen LogP contribution is -2.42. The molecule has 0 amide bonds. The average Bonchev–Trinajstić information content (AvgIpc) is 2.74. The van der Waals surface area contributed by atoms with Crippen LogP contribution in [-0.2, 0) is 16.1 Å². The molecule has 3 atom stereocenters. The molecule has 0 bridgehead atoms. The van der Waals surface area contributed by atoms with Crippen molar-refractivity contribution in [3.8, 4) is 0 Å². The van der Waals surface area contributed by atoms with Gasteiger partial charge >= 0.3 is 11.1 Å². The second kappa shape index (κ2) is 6.57. The summed E-state index contributed by atoms with van der Waals surface area (Å²) in [5.41, 5.74) is 5.79. The second-order valence-electron chi connectivity index (χ2n) is 6.22. The fourth-order valence-electron chi connectivity index (χ4n) is 3.04. The topological polar surface area (TPSA) is 56.2 Å². The van der Waals surface area contributed by atoms with Gasteiger partial charge in [0, 0.05) is 5.38 Å². The molecule has 1 fully saturated rings. The summed E-state index contributed by atoms with van der Waals surface area (Å²) < 4.78 is 7.49. The largest absolute Gasteiger partial charge is 0.459 e. The zero-order valence-corrected chi connectivity index (χ0v) is 13.4. The molecule has 1 aromatic heterocycles. The predicted molar refractivity (Wildman–Crippen MR) is 80.1 cm³/mol. The van der Waals surface area contributed by atoms with Gasteiger partial charge in [0.1, 0.15) is 12.3 Å². The summed E-state index contributed by atoms with van der Waals surface area (Å²) in [6.45, 7) is 6.88. The van der Waals surface area contributed by atoms with E-state index in [2.05, 4.69) is 20.8 Å². The number of rotatable bonds is 4. The summed E-state index contributed by atoms with van der Waals surface area (Å²) >= 11 is 1.43. The molecule has 1 heterocycles. The van der Waals surface area contributed by atoms with Gasteiger partial charge in [0.05, 0.1) is 0 Å². The Morgan fingerprint density at radius 3 is 2.90 bits per heavy atom. The summed E-state index contributed by atoms with van der Waals surface area (Å²) in [4.78, 5) is 12.1. The first-order valence-corrected chi connectivity index (χ1v) is 8.27. The van der Waals surface area contributed by atoms with Gasteiger partial charge in [-0.25, -0.2) is 9.36 Å². The third-order valence-electron chi connectivity index (χ3n) is 4.26. The molecule has 112 valence electrons. The van der Waals surface area contributed by atoms with Gasteiger partial charge in [0.2, 0.25) is 0 Å². The summed E-state index contributed by atoms with van der Waals surface area (Å²) in [6.07, 6.45) is 5.27. The highest BCUT2D eigenvalue weighted by molar-refractivity contribution is 7.12. The molecule has 1 aliphatic carbocycles. The van der Waals surface area contributed by atoms with Crippen LogP contribution in [0.15, 0.2) is 11.6 Å². The van der Waals surface area contributed by atoms with Crippen LogP contribution in [0.2, 0.25) is 0 Å². The van der Waals surface area contributed by atoms with Crippen LogP contribution >= 0.6 is 11.3 Å². The molecule has 1 saturated carbocycles. The number of nitrogen functional groups attached to an aromatic ring is 1. The predicted octanol–water partition coefficient (Wildman–Crippen LogP) is 2.62. The Morgan fingerprint density at radius 2 is 2.30 bits per heavy atom. The van der Waals surface area contributed by atoms with Crippen molar-refractivity contribution >= 4 is 22.4 Å². The number of nitrogens with two attached hydrogens (primary N) is 1. The van der Waals surface area contributed by atoms with E-state index >= 15 is 0 Å². The van der Waals surface area contributed by atoms with E-state index in [9.17, 15) is 4.79 Å². The number of hydrogen-bond donors (Lipinski definition) is 1. The average molecular weight is 297 g/mol. The Morgan fingerprint density at radius 1 is 1.55 bits per heavy atom. The minimum Gasteiger partial charge on any atom is -0.459 e. The van der Waals surface area contributed by atoms with E-state index in [1.807, 2.05) is 11.6 Å². The highest BCUT2D eigenvalue weighted by Crippen LogP contribution is 2.35. The molecular weight excluding hydrogens is 272 g/mol. The lowest BCUT2D eigenvalue weighted by Gasteiger charge is -2.36. The molecule has 0 unspecified atom stereocenters. The minimum absolute atomic E-state index is 0.0618. The fourth-order valence-corrected chi connectivity index (χ4v) is 3.65. The van der Waals surface area contributed by atoms with Crippen molar-refractivity contribution in [2.45, 2.75) is 52.7 Å². The van der Waals surface area contributed by atoms with E-state index < -0.39 is 0 Å². The summed E-state index contributed by atoms with van der Waals surface area (Å²) in [7, 11) is 0. The van der Waals surface area contributed by atoms with Gasteiger partial charge in [0.15, 0.2) is 6.54 Å². The van der Waals surface area contributed by atoms with Crippen LogP contribution in [-0.4, -0.2) is 12.1 Å². The molecule has 0 radical (unpaired) electrons. The van der Waals surface area contributed by atoms with E-state index in [4.69, 9.17) is 10.5 Å². The summed E-state index contributed by atoms with van der Waals surface area (Å²) in [5, 5.41) is 2.52. The summed E-state index contributed by atoms with van der Waals surface area (Å²) in [5.74, 6) is 1.51. The molecule has 4 nitrogen and oxygen atoms in total. The van der Waals surface area contributed by atoms with Crippen LogP contribution in [0, 0.1) is 17.8 Å². The first-order valence-electron chi connectivity index (χ1n) is 7.39. The number of ether oxygens (including phenoxy) is 1. The SMILES string of the molecule is CC(C)[C@H]1CC[C@@H](C)C[C@H]1OC(=O)C[n+]1ccsc1N. The van der Waals surface area contributed by atoms with E-state index in [1.54, 1.807) is 4.57 Å². The van der Waals surface area contributed by atoms with Gasteiger partial charge in [-0.15, -0.1) is 0 Å². The van der Waals surface area contributed by atoms with E-state index in [-0.39, 0.29) is 18.6 Å². The third kappa shape index (κ3) is 3.72. The first-order chi connectivity index (χ1) is 9.47. The van der Waals surface area contributed by atoms with Gasteiger partial charge < -0.3 is 4.74 Å². The molecular formula is C15H25N2O2S+. The van der Waals surface area contributed by atoms with Crippen molar-refractivity contribution in [2.24, 2.45) is 17.8 Å². The van der Waals surface area contributed by atoms with Crippen molar-refractivity contribution in [1.29, 1.82) is 0 Å².